The van der Waals surface area contributed by atoms with Gasteiger partial charge in [-0.1, -0.05) is 67.2 Å². The Morgan fingerprint density at radius 2 is 1.78 bits per heavy atom. The third-order valence-corrected chi connectivity index (χ3v) is 11.0. The first-order chi connectivity index (χ1) is 15.2. The van der Waals surface area contributed by atoms with Crippen LogP contribution in [0.5, 0.6) is 0 Å². The first kappa shape index (κ1) is 25.8. The fraction of sp³-hybridized carbons (Fsp3) is 0.931. The number of hydrogen-bond donors (Lipinski definition) is 0. The number of carbonyl (C=O) groups excluding carboxylic acids is 2. The van der Waals surface area contributed by atoms with Gasteiger partial charge in [0, 0.05) is 18.3 Å². The Labute approximate surface area is 197 Å². The van der Waals surface area contributed by atoms with E-state index in [4.69, 9.17) is 4.74 Å². The van der Waals surface area contributed by atoms with Crippen molar-refractivity contribution in [2.75, 3.05) is 7.11 Å². The number of esters is 1. The van der Waals surface area contributed by atoms with Crippen molar-refractivity contribution in [2.45, 2.75) is 112 Å². The molecule has 184 valence electrons. The van der Waals surface area contributed by atoms with Crippen molar-refractivity contribution in [3.8, 4) is 0 Å². The summed E-state index contributed by atoms with van der Waals surface area (Å²) in [4.78, 5) is 25.9. The van der Waals surface area contributed by atoms with E-state index >= 15 is 0 Å². The summed E-state index contributed by atoms with van der Waals surface area (Å²) in [5, 5.41) is 0. The van der Waals surface area contributed by atoms with E-state index < -0.39 is 0 Å². The summed E-state index contributed by atoms with van der Waals surface area (Å²) in [5.74, 6) is 3.55. The van der Waals surface area contributed by atoms with Gasteiger partial charge in [-0.05, 0) is 78.9 Å². The number of rotatable bonds is 7. The standard InChI is InChI=1S/C29H50O3/c1-8-21-23-13-10-11-17-29(23,6)24-14-12-18-28(5,20(4)26(24)27(21)31)22(9-2)19(3)15-16-25(30)32-7/h19-24,26H,8-18H2,1-7H3/t19-,20?,21-,22?,23?,24?,26?,28?,29?/m1/s1. The highest BCUT2D eigenvalue weighted by atomic mass is 16.5. The number of Topliss-reactive ketones (excluding diaryl/α,β-unsaturated/α-hetero) is 1. The maximum Gasteiger partial charge on any atom is 0.305 e. The first-order valence-corrected chi connectivity index (χ1v) is 13.8. The van der Waals surface area contributed by atoms with Crippen molar-refractivity contribution in [1.29, 1.82) is 0 Å². The molecule has 3 nitrogen and oxygen atoms in total. The van der Waals surface area contributed by atoms with Crippen molar-refractivity contribution >= 4 is 11.8 Å². The Balaban J connectivity index is 1.93. The SMILES string of the molecule is CCC([C@H](C)CCC(=O)OC)C1(C)CCCC2C(C(=O)[C@H](CC)C3CCCCC23C)C1C. The normalized spacial score (nSPS) is 41.7. The van der Waals surface area contributed by atoms with Gasteiger partial charge in [-0.25, -0.2) is 0 Å². The smallest absolute Gasteiger partial charge is 0.305 e. The van der Waals surface area contributed by atoms with E-state index in [-0.39, 0.29) is 23.2 Å². The maximum absolute atomic E-state index is 14.1. The fourth-order valence-corrected chi connectivity index (χ4v) is 9.18. The van der Waals surface area contributed by atoms with E-state index in [0.29, 0.717) is 47.2 Å². The molecule has 0 aromatic carbocycles. The van der Waals surface area contributed by atoms with Crippen molar-refractivity contribution in [1.82, 2.24) is 0 Å². The molecule has 0 spiro atoms. The molecule has 9 atom stereocenters. The van der Waals surface area contributed by atoms with Crippen LogP contribution in [0.1, 0.15) is 112 Å². The summed E-state index contributed by atoms with van der Waals surface area (Å²) >= 11 is 0. The molecule has 3 fully saturated rings. The molecule has 3 aliphatic rings. The average Bonchev–Trinajstić information content (AvgIpc) is 2.91. The molecular weight excluding hydrogens is 396 g/mol. The van der Waals surface area contributed by atoms with Crippen LogP contribution in [0.3, 0.4) is 0 Å². The van der Waals surface area contributed by atoms with E-state index in [1.54, 1.807) is 0 Å². The van der Waals surface area contributed by atoms with Crippen LogP contribution in [0, 0.1) is 52.3 Å². The Kier molecular flexibility index (Phi) is 8.19. The Hall–Kier alpha value is -0.860. The number of ether oxygens (including phenoxy) is 1. The van der Waals surface area contributed by atoms with Gasteiger partial charge in [0.15, 0.2) is 0 Å². The summed E-state index contributed by atoms with van der Waals surface area (Å²) in [6.07, 6.45) is 12.4. The van der Waals surface area contributed by atoms with Crippen molar-refractivity contribution in [2.24, 2.45) is 52.3 Å². The van der Waals surface area contributed by atoms with Crippen LogP contribution in [0.2, 0.25) is 0 Å². The second-order valence-corrected chi connectivity index (χ2v) is 12.2. The lowest BCUT2D eigenvalue weighted by atomic mass is 9.45. The molecule has 32 heavy (non-hydrogen) atoms. The van der Waals surface area contributed by atoms with E-state index in [1.807, 2.05) is 0 Å². The van der Waals surface area contributed by atoms with Gasteiger partial charge >= 0.3 is 5.97 Å². The van der Waals surface area contributed by atoms with Crippen LogP contribution < -0.4 is 0 Å². The Bertz CT molecular complexity index is 671. The second-order valence-electron chi connectivity index (χ2n) is 12.2. The van der Waals surface area contributed by atoms with Crippen LogP contribution in [0.15, 0.2) is 0 Å². The van der Waals surface area contributed by atoms with Crippen LogP contribution in [0.4, 0.5) is 0 Å². The second kappa shape index (κ2) is 10.2. The molecular formula is C29H50O3. The highest BCUT2D eigenvalue weighted by Crippen LogP contribution is 2.64. The monoisotopic (exact) mass is 446 g/mol. The molecule has 7 unspecified atom stereocenters. The highest BCUT2D eigenvalue weighted by Gasteiger charge is 2.60. The molecule has 3 aliphatic carbocycles. The minimum absolute atomic E-state index is 0.102. The van der Waals surface area contributed by atoms with Gasteiger partial charge in [-0.15, -0.1) is 0 Å². The maximum atomic E-state index is 14.1. The molecule has 0 aliphatic heterocycles. The Morgan fingerprint density at radius 1 is 1.09 bits per heavy atom. The van der Waals surface area contributed by atoms with Gasteiger partial charge in [0.2, 0.25) is 0 Å². The average molecular weight is 447 g/mol. The van der Waals surface area contributed by atoms with E-state index in [9.17, 15) is 9.59 Å². The van der Waals surface area contributed by atoms with Crippen molar-refractivity contribution < 1.29 is 14.3 Å². The molecule has 0 aromatic heterocycles. The quantitative estimate of drug-likeness (QED) is 0.381. The zero-order valence-electron chi connectivity index (χ0n) is 22.0. The Morgan fingerprint density at radius 3 is 2.41 bits per heavy atom. The lowest BCUT2D eigenvalue weighted by Gasteiger charge is -2.58. The first-order valence-electron chi connectivity index (χ1n) is 13.8. The summed E-state index contributed by atoms with van der Waals surface area (Å²) in [6.45, 7) is 14.4. The van der Waals surface area contributed by atoms with Crippen LogP contribution in [-0.2, 0) is 14.3 Å². The number of carbonyl (C=O) groups is 2. The van der Waals surface area contributed by atoms with Crippen LogP contribution in [0.25, 0.3) is 0 Å². The summed E-state index contributed by atoms with van der Waals surface area (Å²) in [6, 6.07) is 0. The third-order valence-electron chi connectivity index (χ3n) is 11.0. The van der Waals surface area contributed by atoms with Gasteiger partial charge in [-0.3, -0.25) is 9.59 Å². The molecule has 0 amide bonds. The molecule has 0 heterocycles. The minimum atomic E-state index is -0.102. The molecule has 0 saturated heterocycles. The van der Waals surface area contributed by atoms with Crippen molar-refractivity contribution in [3.05, 3.63) is 0 Å². The lowest BCUT2D eigenvalue weighted by Crippen LogP contribution is -2.57. The third kappa shape index (κ3) is 4.31. The summed E-state index contributed by atoms with van der Waals surface area (Å²) < 4.78 is 4.91. The fourth-order valence-electron chi connectivity index (χ4n) is 9.18. The highest BCUT2D eigenvalue weighted by molar-refractivity contribution is 5.85. The molecule has 3 rings (SSSR count). The molecule has 0 radical (unpaired) electrons. The number of fused-ring (bicyclic) bond motifs is 3. The number of ketones is 1. The number of hydrogen-bond acceptors (Lipinski definition) is 3. The van der Waals surface area contributed by atoms with E-state index in [2.05, 4.69) is 41.5 Å². The zero-order chi connectivity index (χ0) is 23.7. The molecule has 0 bridgehead atoms. The molecule has 0 N–H and O–H groups in total. The van der Waals surface area contributed by atoms with Gasteiger partial charge in [0.25, 0.3) is 0 Å². The van der Waals surface area contributed by atoms with Crippen LogP contribution >= 0.6 is 0 Å². The summed E-state index contributed by atoms with van der Waals surface area (Å²) in [7, 11) is 1.48. The minimum Gasteiger partial charge on any atom is -0.469 e. The number of methoxy groups -OCH3 is 1. The largest absolute Gasteiger partial charge is 0.469 e. The van der Waals surface area contributed by atoms with Crippen LogP contribution in [-0.4, -0.2) is 18.9 Å². The summed E-state index contributed by atoms with van der Waals surface area (Å²) in [5.41, 5.74) is 0.491. The van der Waals surface area contributed by atoms with Crippen molar-refractivity contribution in [3.63, 3.8) is 0 Å². The lowest BCUT2D eigenvalue weighted by molar-refractivity contribution is -0.157. The predicted molar refractivity (Wildman–Crippen MR) is 131 cm³/mol. The van der Waals surface area contributed by atoms with Gasteiger partial charge in [0.05, 0.1) is 7.11 Å². The van der Waals surface area contributed by atoms with E-state index in [1.165, 1.54) is 52.1 Å². The predicted octanol–water partition coefficient (Wildman–Crippen LogP) is 7.47. The van der Waals surface area contributed by atoms with E-state index in [0.717, 1.165) is 19.3 Å². The molecule has 0 aromatic rings. The molecule has 3 saturated carbocycles. The van der Waals surface area contributed by atoms with Gasteiger partial charge in [-0.2, -0.15) is 0 Å². The van der Waals surface area contributed by atoms with Gasteiger partial charge < -0.3 is 4.74 Å². The van der Waals surface area contributed by atoms with Gasteiger partial charge in [0.1, 0.15) is 5.78 Å². The molecule has 3 heteroatoms. The zero-order valence-corrected chi connectivity index (χ0v) is 22.0. The topological polar surface area (TPSA) is 43.4 Å².